The van der Waals surface area contributed by atoms with E-state index in [0.717, 1.165) is 13.2 Å². The summed E-state index contributed by atoms with van der Waals surface area (Å²) in [6, 6.07) is 0. The summed E-state index contributed by atoms with van der Waals surface area (Å²) in [7, 11) is -4.67. The van der Waals surface area contributed by atoms with Crippen LogP contribution < -0.4 is 0 Å². The Morgan fingerprint density at radius 1 is 0.455 bits per heavy atom. The molecule has 7 heteroatoms. The van der Waals surface area contributed by atoms with Crippen molar-refractivity contribution in [2.24, 2.45) is 0 Å². The van der Waals surface area contributed by atoms with Crippen LogP contribution in [0.15, 0.2) is 0 Å². The summed E-state index contributed by atoms with van der Waals surface area (Å²) in [5.41, 5.74) is 0. The molecule has 0 aliphatic carbocycles. The van der Waals surface area contributed by atoms with Crippen LogP contribution >= 0.6 is 0 Å². The van der Waals surface area contributed by atoms with Gasteiger partial charge in [0.2, 0.25) is 0 Å². The molecule has 0 aliphatic heterocycles. The van der Waals surface area contributed by atoms with E-state index < -0.39 is 10.4 Å². The Morgan fingerprint density at radius 2 is 0.636 bits per heavy atom. The van der Waals surface area contributed by atoms with Gasteiger partial charge in [-0.25, -0.2) is 0 Å². The zero-order valence-corrected chi connectivity index (χ0v) is 22.3. The summed E-state index contributed by atoms with van der Waals surface area (Å²) in [6.45, 7) is 6.58. The standard InChI is InChI=1S/C26H54O.Na.H2O4S.H/c1-3-5-7-9-11-13-15-17-19-21-23-25-27-26-24-22-20-18-16-14-12-10-8-6-4-2;;1-5(2,3)4;/h3-26H2,1-2H3;;(H2,1,2,3,4);. The average molecular weight is 505 g/mol. The topological polar surface area (TPSA) is 83.8 Å². The first kappa shape index (κ1) is 38.4. The molecule has 0 fully saturated rings. The third kappa shape index (κ3) is 50.6. The Labute approximate surface area is 229 Å². The van der Waals surface area contributed by atoms with Crippen LogP contribution in [-0.2, 0) is 15.1 Å². The monoisotopic (exact) mass is 504 g/mol. The number of hydrogen-bond donors (Lipinski definition) is 2. The van der Waals surface area contributed by atoms with Crippen LogP contribution in [0.4, 0.5) is 0 Å². The van der Waals surface area contributed by atoms with Crippen molar-refractivity contribution in [3.8, 4) is 0 Å². The van der Waals surface area contributed by atoms with E-state index in [-0.39, 0.29) is 29.6 Å². The van der Waals surface area contributed by atoms with Gasteiger partial charge in [-0.1, -0.05) is 142 Å². The molecule has 0 spiro atoms. The normalized spacial score (nSPS) is 11.0. The van der Waals surface area contributed by atoms with Gasteiger partial charge in [0.1, 0.15) is 0 Å². The van der Waals surface area contributed by atoms with E-state index in [1.807, 2.05) is 0 Å². The van der Waals surface area contributed by atoms with Crippen LogP contribution in [0.1, 0.15) is 155 Å². The van der Waals surface area contributed by atoms with Gasteiger partial charge in [0.15, 0.2) is 0 Å². The van der Waals surface area contributed by atoms with Gasteiger partial charge in [0, 0.05) is 13.2 Å². The van der Waals surface area contributed by atoms with Gasteiger partial charge in [0.05, 0.1) is 0 Å². The SMILES string of the molecule is CCCCCCCCCCCCCOCCCCCCCCCCCCC.O=S(=O)(O)O.[NaH]. The molecule has 0 aromatic rings. The fraction of sp³-hybridized carbons (Fsp3) is 1.00. The van der Waals surface area contributed by atoms with Crippen molar-refractivity contribution in [1.82, 2.24) is 0 Å². The van der Waals surface area contributed by atoms with Gasteiger partial charge in [-0.15, -0.1) is 0 Å². The molecule has 0 aromatic carbocycles. The Morgan fingerprint density at radius 3 is 0.848 bits per heavy atom. The number of ether oxygens (including phenoxy) is 1. The van der Waals surface area contributed by atoms with Gasteiger partial charge in [-0.2, -0.15) is 8.42 Å². The Balaban J connectivity index is -0.00000134. The van der Waals surface area contributed by atoms with Gasteiger partial charge < -0.3 is 4.74 Å². The van der Waals surface area contributed by atoms with Crippen molar-refractivity contribution in [3.05, 3.63) is 0 Å². The molecule has 33 heavy (non-hydrogen) atoms. The Hall–Kier alpha value is 0.830. The zero-order valence-electron chi connectivity index (χ0n) is 21.5. The molecule has 0 bridgehead atoms. The number of unbranched alkanes of at least 4 members (excludes halogenated alkanes) is 20. The predicted molar refractivity (Wildman–Crippen MR) is 145 cm³/mol. The van der Waals surface area contributed by atoms with Crippen molar-refractivity contribution in [2.75, 3.05) is 13.2 Å². The molecule has 2 N–H and O–H groups in total. The second kappa shape index (κ2) is 32.8. The first-order valence-corrected chi connectivity index (χ1v) is 15.1. The predicted octanol–water partition coefficient (Wildman–Crippen LogP) is 8.32. The van der Waals surface area contributed by atoms with Crippen LogP contribution in [-0.4, -0.2) is 60.3 Å². The van der Waals surface area contributed by atoms with Gasteiger partial charge >= 0.3 is 40.0 Å². The second-order valence-electron chi connectivity index (χ2n) is 9.13. The quantitative estimate of drug-likeness (QED) is 0.0784. The molecule has 0 atom stereocenters. The summed E-state index contributed by atoms with van der Waals surface area (Å²) in [4.78, 5) is 0. The molecule has 0 rings (SSSR count). The first-order valence-electron chi connectivity index (χ1n) is 13.7. The Kier molecular flexibility index (Phi) is 38.2. The molecule has 0 aromatic heterocycles. The third-order valence-electron chi connectivity index (χ3n) is 5.78. The fourth-order valence-corrected chi connectivity index (χ4v) is 3.84. The number of hydrogen-bond acceptors (Lipinski definition) is 3. The molecular formula is C26H57NaO5S. The molecule has 0 radical (unpaired) electrons. The van der Waals surface area contributed by atoms with Crippen molar-refractivity contribution in [2.45, 2.75) is 155 Å². The molecule has 0 amide bonds. The third-order valence-corrected chi connectivity index (χ3v) is 5.78. The van der Waals surface area contributed by atoms with Crippen molar-refractivity contribution >= 4 is 40.0 Å². The van der Waals surface area contributed by atoms with Crippen LogP contribution in [0.25, 0.3) is 0 Å². The minimum absolute atomic E-state index is 0. The van der Waals surface area contributed by atoms with E-state index >= 15 is 0 Å². The summed E-state index contributed by atoms with van der Waals surface area (Å²) >= 11 is 0. The molecule has 0 heterocycles. The van der Waals surface area contributed by atoms with Crippen LogP contribution in [0, 0.1) is 0 Å². The van der Waals surface area contributed by atoms with Crippen molar-refractivity contribution in [3.63, 3.8) is 0 Å². The van der Waals surface area contributed by atoms with Crippen molar-refractivity contribution < 1.29 is 22.3 Å². The summed E-state index contributed by atoms with van der Waals surface area (Å²) < 4.78 is 37.4. The molecule has 5 nitrogen and oxygen atoms in total. The summed E-state index contributed by atoms with van der Waals surface area (Å²) in [5.74, 6) is 0. The van der Waals surface area contributed by atoms with E-state index in [2.05, 4.69) is 13.8 Å². The molecule has 0 saturated heterocycles. The van der Waals surface area contributed by atoms with E-state index in [9.17, 15) is 0 Å². The molecule has 0 saturated carbocycles. The van der Waals surface area contributed by atoms with Gasteiger partial charge in [-0.3, -0.25) is 9.11 Å². The van der Waals surface area contributed by atoms with Crippen LogP contribution in [0.2, 0.25) is 0 Å². The maximum atomic E-state index is 8.74. The first-order chi connectivity index (χ1) is 15.4. The van der Waals surface area contributed by atoms with Gasteiger partial charge in [0.25, 0.3) is 0 Å². The van der Waals surface area contributed by atoms with Crippen LogP contribution in [0.3, 0.4) is 0 Å². The van der Waals surface area contributed by atoms with Gasteiger partial charge in [-0.05, 0) is 12.8 Å². The molecule has 198 valence electrons. The molecular weight excluding hydrogens is 447 g/mol. The summed E-state index contributed by atoms with van der Waals surface area (Å²) in [6.07, 6.45) is 31.1. The molecule has 0 aliphatic rings. The van der Waals surface area contributed by atoms with E-state index in [1.54, 1.807) is 0 Å². The average Bonchev–Trinajstić information content (AvgIpc) is 2.73. The number of rotatable bonds is 24. The Bertz CT molecular complexity index is 400. The van der Waals surface area contributed by atoms with E-state index in [4.69, 9.17) is 22.3 Å². The second-order valence-corrected chi connectivity index (χ2v) is 10.0. The zero-order chi connectivity index (χ0) is 24.2. The van der Waals surface area contributed by atoms with Crippen LogP contribution in [0.5, 0.6) is 0 Å². The maximum absolute atomic E-state index is 8.74. The minimum atomic E-state index is -4.67. The van der Waals surface area contributed by atoms with E-state index in [1.165, 1.54) is 141 Å². The van der Waals surface area contributed by atoms with E-state index in [0.29, 0.717) is 0 Å². The summed E-state index contributed by atoms with van der Waals surface area (Å²) in [5, 5.41) is 0. The fourth-order valence-electron chi connectivity index (χ4n) is 3.84. The molecule has 0 unspecified atom stereocenters. The van der Waals surface area contributed by atoms with Crippen molar-refractivity contribution in [1.29, 1.82) is 0 Å².